The van der Waals surface area contributed by atoms with Gasteiger partial charge in [0, 0.05) is 11.6 Å². The molecule has 6 nitrogen and oxygen atoms in total. The van der Waals surface area contributed by atoms with E-state index in [9.17, 15) is 9.59 Å². The minimum absolute atomic E-state index is 0.0496. The molecule has 0 atom stereocenters. The number of anilines is 1. The Labute approximate surface area is 173 Å². The molecule has 30 heavy (non-hydrogen) atoms. The van der Waals surface area contributed by atoms with E-state index in [1.54, 1.807) is 36.5 Å². The fourth-order valence-electron chi connectivity index (χ4n) is 3.33. The average Bonchev–Trinajstić information content (AvgIpc) is 2.77. The smallest absolute Gasteiger partial charge is 0.265 e. The minimum atomic E-state index is -0.493. The van der Waals surface area contributed by atoms with Crippen molar-refractivity contribution in [3.05, 3.63) is 100.0 Å². The number of hydrogen-bond donors (Lipinski definition) is 1. The van der Waals surface area contributed by atoms with Crippen LogP contribution in [0.5, 0.6) is 5.75 Å². The molecule has 150 valence electrons. The molecule has 0 aliphatic carbocycles. The number of nitrogens with one attached hydrogen (secondary N) is 1. The van der Waals surface area contributed by atoms with Crippen LogP contribution in [0.3, 0.4) is 0 Å². The molecule has 0 fully saturated rings. The fourth-order valence-corrected chi connectivity index (χ4v) is 3.33. The van der Waals surface area contributed by atoms with Crippen LogP contribution in [-0.4, -0.2) is 22.6 Å². The van der Waals surface area contributed by atoms with Crippen LogP contribution in [0.25, 0.3) is 11.0 Å². The molecule has 2 heterocycles. The van der Waals surface area contributed by atoms with Crippen molar-refractivity contribution in [3.8, 4) is 5.75 Å². The molecule has 0 saturated heterocycles. The highest BCUT2D eigenvalue weighted by Crippen LogP contribution is 2.23. The lowest BCUT2D eigenvalue weighted by Crippen LogP contribution is -2.30. The molecule has 0 saturated carbocycles. The maximum absolute atomic E-state index is 13.3. The maximum Gasteiger partial charge on any atom is 0.265 e. The lowest BCUT2D eigenvalue weighted by atomic mass is 10.1. The van der Waals surface area contributed by atoms with E-state index in [0.717, 1.165) is 16.5 Å². The van der Waals surface area contributed by atoms with Crippen molar-refractivity contribution in [1.82, 2.24) is 9.55 Å². The van der Waals surface area contributed by atoms with Crippen LogP contribution in [0.4, 0.5) is 5.69 Å². The highest BCUT2D eigenvalue weighted by Gasteiger charge is 2.18. The summed E-state index contributed by atoms with van der Waals surface area (Å²) in [4.78, 5) is 30.6. The summed E-state index contributed by atoms with van der Waals surface area (Å²) in [5, 5.41) is 3.50. The normalized spacial score (nSPS) is 10.7. The van der Waals surface area contributed by atoms with Gasteiger partial charge in [0.05, 0.1) is 19.3 Å². The molecule has 0 aliphatic heterocycles. The van der Waals surface area contributed by atoms with Crippen molar-refractivity contribution >= 4 is 22.6 Å². The third-order valence-corrected chi connectivity index (χ3v) is 4.91. The van der Waals surface area contributed by atoms with E-state index in [4.69, 9.17) is 4.74 Å². The van der Waals surface area contributed by atoms with E-state index < -0.39 is 11.5 Å². The van der Waals surface area contributed by atoms with Crippen LogP contribution in [0, 0.1) is 6.92 Å². The van der Waals surface area contributed by atoms with Crippen LogP contribution in [0.2, 0.25) is 0 Å². The summed E-state index contributed by atoms with van der Waals surface area (Å²) in [6, 6.07) is 20.2. The summed E-state index contributed by atoms with van der Waals surface area (Å²) < 4.78 is 6.83. The lowest BCUT2D eigenvalue weighted by molar-refractivity contribution is 0.102. The summed E-state index contributed by atoms with van der Waals surface area (Å²) in [6.07, 6.45) is 1.64. The van der Waals surface area contributed by atoms with Crippen LogP contribution in [0.15, 0.2) is 77.7 Å². The standard InChI is InChI=1S/C24H21N3O3/c1-16-9-11-17(12-10-16)15-27-22-18(6-5-13-25-22)14-19(24(27)29)23(28)26-20-7-3-4-8-21(20)30-2/h3-14H,15H2,1-2H3,(H,26,28). The Morgan fingerprint density at radius 3 is 2.60 bits per heavy atom. The number of aromatic nitrogens is 2. The van der Waals surface area contributed by atoms with Crippen molar-refractivity contribution in [1.29, 1.82) is 0 Å². The average molecular weight is 399 g/mol. The number of methoxy groups -OCH3 is 1. The highest BCUT2D eigenvalue weighted by atomic mass is 16.5. The summed E-state index contributed by atoms with van der Waals surface area (Å²) >= 11 is 0. The van der Waals surface area contributed by atoms with E-state index in [0.29, 0.717) is 23.6 Å². The quantitative estimate of drug-likeness (QED) is 0.550. The molecule has 0 radical (unpaired) electrons. The van der Waals surface area contributed by atoms with E-state index >= 15 is 0 Å². The van der Waals surface area contributed by atoms with Gasteiger partial charge in [0.15, 0.2) is 0 Å². The number of hydrogen-bond acceptors (Lipinski definition) is 4. The minimum Gasteiger partial charge on any atom is -0.495 e. The number of aryl methyl sites for hydroxylation is 1. The number of pyridine rings is 2. The predicted molar refractivity (Wildman–Crippen MR) is 117 cm³/mol. The summed E-state index contributed by atoms with van der Waals surface area (Å²) in [6.45, 7) is 2.33. The van der Waals surface area contributed by atoms with Crippen molar-refractivity contribution in [2.45, 2.75) is 13.5 Å². The second-order valence-corrected chi connectivity index (χ2v) is 7.01. The monoisotopic (exact) mass is 399 g/mol. The Morgan fingerprint density at radius 1 is 1.07 bits per heavy atom. The van der Waals surface area contributed by atoms with Crippen molar-refractivity contribution in [2.24, 2.45) is 0 Å². The van der Waals surface area contributed by atoms with Crippen LogP contribution >= 0.6 is 0 Å². The third kappa shape index (κ3) is 3.80. The zero-order chi connectivity index (χ0) is 21.1. The summed E-state index contributed by atoms with van der Waals surface area (Å²) in [5.41, 5.74) is 2.79. The fraction of sp³-hybridized carbons (Fsp3) is 0.125. The Bertz CT molecular complexity index is 1280. The first-order valence-electron chi connectivity index (χ1n) is 9.55. The first-order valence-corrected chi connectivity index (χ1v) is 9.55. The number of fused-ring (bicyclic) bond motifs is 1. The van der Waals surface area contributed by atoms with Crippen LogP contribution < -0.4 is 15.6 Å². The second kappa shape index (κ2) is 8.21. The molecule has 1 amide bonds. The van der Waals surface area contributed by atoms with Gasteiger partial charge in [-0.25, -0.2) is 4.98 Å². The molecule has 4 aromatic rings. The number of benzene rings is 2. The number of amides is 1. The Hall–Kier alpha value is -3.93. The largest absolute Gasteiger partial charge is 0.495 e. The SMILES string of the molecule is COc1ccccc1NC(=O)c1cc2cccnc2n(Cc2ccc(C)cc2)c1=O. The molecule has 0 bridgehead atoms. The molecule has 0 aliphatic rings. The maximum atomic E-state index is 13.3. The molecule has 0 unspecified atom stereocenters. The van der Waals surface area contributed by atoms with Crippen molar-refractivity contribution in [2.75, 3.05) is 12.4 Å². The number of rotatable bonds is 5. The van der Waals surface area contributed by atoms with Gasteiger partial charge in [-0.15, -0.1) is 0 Å². The molecular formula is C24H21N3O3. The van der Waals surface area contributed by atoms with Gasteiger partial charge < -0.3 is 10.1 Å². The molecule has 2 aromatic carbocycles. The van der Waals surface area contributed by atoms with Crippen LogP contribution in [0.1, 0.15) is 21.5 Å². The topological polar surface area (TPSA) is 73.2 Å². The molecule has 2 aromatic heterocycles. The van der Waals surface area contributed by atoms with E-state index in [1.807, 2.05) is 43.3 Å². The van der Waals surface area contributed by atoms with Crippen molar-refractivity contribution < 1.29 is 9.53 Å². The molecule has 0 spiro atoms. The van der Waals surface area contributed by atoms with Gasteiger partial charge in [0.1, 0.15) is 17.0 Å². The number of carbonyl (C=O) groups is 1. The van der Waals surface area contributed by atoms with Crippen molar-refractivity contribution in [3.63, 3.8) is 0 Å². The highest BCUT2D eigenvalue weighted by molar-refractivity contribution is 6.06. The van der Waals surface area contributed by atoms with E-state index in [-0.39, 0.29) is 5.56 Å². The van der Waals surface area contributed by atoms with Gasteiger partial charge in [-0.3, -0.25) is 14.2 Å². The Kier molecular flexibility index (Phi) is 5.30. The molecule has 4 rings (SSSR count). The third-order valence-electron chi connectivity index (χ3n) is 4.91. The Balaban J connectivity index is 1.78. The van der Waals surface area contributed by atoms with Gasteiger partial charge >= 0.3 is 0 Å². The van der Waals surface area contributed by atoms with Crippen LogP contribution in [-0.2, 0) is 6.54 Å². The number of para-hydroxylation sites is 2. The summed E-state index contributed by atoms with van der Waals surface area (Å²) in [5.74, 6) is 0.0289. The second-order valence-electron chi connectivity index (χ2n) is 7.01. The summed E-state index contributed by atoms with van der Waals surface area (Å²) in [7, 11) is 1.53. The number of ether oxygens (including phenoxy) is 1. The number of carbonyl (C=O) groups excluding carboxylic acids is 1. The molecule has 1 N–H and O–H groups in total. The Morgan fingerprint density at radius 2 is 1.83 bits per heavy atom. The van der Waals surface area contributed by atoms with Gasteiger partial charge in [-0.2, -0.15) is 0 Å². The van der Waals surface area contributed by atoms with Gasteiger partial charge in [-0.1, -0.05) is 42.0 Å². The van der Waals surface area contributed by atoms with Gasteiger partial charge in [-0.05, 0) is 42.8 Å². The lowest BCUT2D eigenvalue weighted by Gasteiger charge is -2.13. The first kappa shape index (κ1) is 19.4. The zero-order valence-corrected chi connectivity index (χ0v) is 16.8. The predicted octanol–water partition coefficient (Wildman–Crippen LogP) is 4.01. The molecular weight excluding hydrogens is 378 g/mol. The van der Waals surface area contributed by atoms with Gasteiger partial charge in [0.25, 0.3) is 11.5 Å². The number of nitrogens with zero attached hydrogens (tertiary/aromatic N) is 2. The van der Waals surface area contributed by atoms with E-state index in [1.165, 1.54) is 11.7 Å². The van der Waals surface area contributed by atoms with Gasteiger partial charge in [0.2, 0.25) is 0 Å². The first-order chi connectivity index (χ1) is 14.6. The van der Waals surface area contributed by atoms with E-state index in [2.05, 4.69) is 10.3 Å². The molecule has 6 heteroatoms. The zero-order valence-electron chi connectivity index (χ0n) is 16.8.